The molecule has 1 atom stereocenters. The number of rotatable bonds is 6. The second-order valence-electron chi connectivity index (χ2n) is 6.59. The fourth-order valence-electron chi connectivity index (χ4n) is 3.31. The maximum atomic E-state index is 12.7. The number of nitrogens with zero attached hydrogens (tertiary/aromatic N) is 2. The zero-order valence-electron chi connectivity index (χ0n) is 16.9. The van der Waals surface area contributed by atoms with Crippen molar-refractivity contribution in [3.05, 3.63) is 42.0 Å². The number of carbonyl (C=O) groups excluding carboxylic acids is 2. The number of fused-ring (bicyclic) bond motifs is 1. The first-order chi connectivity index (χ1) is 13.9. The highest BCUT2D eigenvalue weighted by molar-refractivity contribution is 6.19. The molecule has 3 amide bonds. The average Bonchev–Trinajstić information content (AvgIpc) is 3.05. The molecule has 0 fully saturated rings. The van der Waals surface area contributed by atoms with E-state index in [1.54, 1.807) is 51.6 Å². The molecule has 3 N–H and O–H groups in total. The standard InChI is InChI=1S/C21H24N4O4/c1-5-15(23-12-6-8-13(9-7-12)25(2)21(22)27)19-14-10-17(28-3)18(29-4)11-16(14)24-20(19)26/h6-11,19H,5H2,1-4H3,(H2,22,27)(H,24,26). The van der Waals surface area contributed by atoms with Gasteiger partial charge < -0.3 is 20.5 Å². The molecule has 8 heteroatoms. The van der Waals surface area contributed by atoms with Gasteiger partial charge in [-0.2, -0.15) is 0 Å². The summed E-state index contributed by atoms with van der Waals surface area (Å²) in [5.74, 6) is 0.460. The maximum Gasteiger partial charge on any atom is 0.318 e. The molecule has 0 saturated heterocycles. The van der Waals surface area contributed by atoms with Crippen molar-refractivity contribution in [2.45, 2.75) is 19.3 Å². The van der Waals surface area contributed by atoms with Crippen LogP contribution >= 0.6 is 0 Å². The molecule has 0 aromatic heterocycles. The number of benzene rings is 2. The lowest BCUT2D eigenvalue weighted by molar-refractivity contribution is -0.115. The molecule has 2 aromatic rings. The minimum atomic E-state index is -0.542. The number of urea groups is 1. The van der Waals surface area contributed by atoms with Gasteiger partial charge >= 0.3 is 6.03 Å². The van der Waals surface area contributed by atoms with Gasteiger partial charge in [0.25, 0.3) is 0 Å². The Morgan fingerprint density at radius 3 is 2.34 bits per heavy atom. The molecular formula is C21H24N4O4. The molecule has 0 aliphatic carbocycles. The largest absolute Gasteiger partial charge is 0.493 e. The van der Waals surface area contributed by atoms with Crippen LogP contribution in [0.25, 0.3) is 0 Å². The van der Waals surface area contributed by atoms with E-state index in [0.717, 1.165) is 11.3 Å². The normalized spacial score (nSPS) is 15.5. The number of hydrogen-bond donors (Lipinski definition) is 2. The number of ether oxygens (including phenoxy) is 2. The minimum Gasteiger partial charge on any atom is -0.493 e. The second-order valence-corrected chi connectivity index (χ2v) is 6.59. The van der Waals surface area contributed by atoms with Crippen molar-refractivity contribution >= 4 is 34.7 Å². The molecule has 0 bridgehead atoms. The topological polar surface area (TPSA) is 106 Å². The van der Waals surface area contributed by atoms with E-state index in [4.69, 9.17) is 20.2 Å². The van der Waals surface area contributed by atoms with Crippen molar-refractivity contribution in [1.82, 2.24) is 0 Å². The van der Waals surface area contributed by atoms with Crippen LogP contribution < -0.4 is 25.4 Å². The van der Waals surface area contributed by atoms with E-state index in [0.29, 0.717) is 35.0 Å². The van der Waals surface area contributed by atoms with E-state index < -0.39 is 11.9 Å². The number of aliphatic imine (C=N–C) groups is 1. The van der Waals surface area contributed by atoms with Crippen LogP contribution in [-0.4, -0.2) is 38.9 Å². The molecule has 1 aliphatic heterocycles. The molecule has 0 radical (unpaired) electrons. The lowest BCUT2D eigenvalue weighted by Crippen LogP contribution is -2.31. The van der Waals surface area contributed by atoms with E-state index >= 15 is 0 Å². The Morgan fingerprint density at radius 1 is 1.17 bits per heavy atom. The molecular weight excluding hydrogens is 372 g/mol. The third kappa shape index (κ3) is 3.87. The predicted octanol–water partition coefficient (Wildman–Crippen LogP) is 3.44. The van der Waals surface area contributed by atoms with E-state index in [-0.39, 0.29) is 5.91 Å². The summed E-state index contributed by atoms with van der Waals surface area (Å²) in [7, 11) is 4.71. The molecule has 29 heavy (non-hydrogen) atoms. The van der Waals surface area contributed by atoms with Crippen LogP contribution in [0.5, 0.6) is 11.5 Å². The molecule has 0 spiro atoms. The van der Waals surface area contributed by atoms with Crippen molar-refractivity contribution in [2.24, 2.45) is 10.7 Å². The van der Waals surface area contributed by atoms with Crippen LogP contribution in [0.2, 0.25) is 0 Å². The Kier molecular flexibility index (Phi) is 5.72. The number of anilines is 2. The number of carbonyl (C=O) groups is 2. The van der Waals surface area contributed by atoms with Crippen molar-refractivity contribution in [3.8, 4) is 11.5 Å². The summed E-state index contributed by atoms with van der Waals surface area (Å²) >= 11 is 0. The summed E-state index contributed by atoms with van der Waals surface area (Å²) in [5.41, 5.74) is 8.86. The Balaban J connectivity index is 1.97. The molecule has 1 aliphatic rings. The average molecular weight is 396 g/mol. The van der Waals surface area contributed by atoms with Crippen LogP contribution in [0, 0.1) is 0 Å². The van der Waals surface area contributed by atoms with Gasteiger partial charge in [-0.3, -0.25) is 14.7 Å². The zero-order valence-corrected chi connectivity index (χ0v) is 16.9. The van der Waals surface area contributed by atoms with E-state index in [1.165, 1.54) is 4.90 Å². The Bertz CT molecular complexity index is 969. The fourth-order valence-corrected chi connectivity index (χ4v) is 3.31. The van der Waals surface area contributed by atoms with E-state index in [9.17, 15) is 9.59 Å². The highest BCUT2D eigenvalue weighted by Gasteiger charge is 2.35. The molecule has 2 aromatic carbocycles. The third-order valence-electron chi connectivity index (χ3n) is 4.92. The van der Waals surface area contributed by atoms with Gasteiger partial charge in [-0.05, 0) is 42.3 Å². The zero-order chi connectivity index (χ0) is 21.1. The van der Waals surface area contributed by atoms with Crippen molar-refractivity contribution in [1.29, 1.82) is 0 Å². The quantitative estimate of drug-likeness (QED) is 0.730. The summed E-state index contributed by atoms with van der Waals surface area (Å²) in [4.78, 5) is 30.0. The lowest BCUT2D eigenvalue weighted by atomic mass is 9.93. The maximum absolute atomic E-state index is 12.7. The molecule has 1 unspecified atom stereocenters. The Hall–Kier alpha value is -3.55. The van der Waals surface area contributed by atoms with Gasteiger partial charge in [0.2, 0.25) is 5.91 Å². The number of methoxy groups -OCH3 is 2. The number of nitrogens with one attached hydrogen (secondary N) is 1. The molecule has 8 nitrogen and oxygen atoms in total. The second kappa shape index (κ2) is 8.22. The predicted molar refractivity (Wildman–Crippen MR) is 113 cm³/mol. The Labute approximate surface area is 169 Å². The van der Waals surface area contributed by atoms with Gasteiger partial charge in [0.05, 0.1) is 19.9 Å². The first-order valence-electron chi connectivity index (χ1n) is 9.17. The third-order valence-corrected chi connectivity index (χ3v) is 4.92. The smallest absolute Gasteiger partial charge is 0.318 e. The number of primary amides is 1. The molecule has 3 rings (SSSR count). The van der Waals surface area contributed by atoms with Crippen molar-refractivity contribution in [3.63, 3.8) is 0 Å². The summed E-state index contributed by atoms with van der Waals surface area (Å²) in [6, 6.07) is 10.1. The van der Waals surface area contributed by atoms with Crippen molar-refractivity contribution in [2.75, 3.05) is 31.5 Å². The highest BCUT2D eigenvalue weighted by atomic mass is 16.5. The van der Waals surface area contributed by atoms with Gasteiger partial charge in [0.1, 0.15) is 5.92 Å². The first-order valence-corrected chi connectivity index (χ1v) is 9.17. The van der Waals surface area contributed by atoms with Gasteiger partial charge in [-0.15, -0.1) is 0 Å². The van der Waals surface area contributed by atoms with E-state index in [2.05, 4.69) is 5.32 Å². The van der Waals surface area contributed by atoms with E-state index in [1.807, 2.05) is 13.0 Å². The molecule has 1 heterocycles. The van der Waals surface area contributed by atoms with Crippen LogP contribution in [-0.2, 0) is 4.79 Å². The summed E-state index contributed by atoms with van der Waals surface area (Å²) in [6.07, 6.45) is 0.592. The summed E-state index contributed by atoms with van der Waals surface area (Å²) in [6.45, 7) is 1.96. The van der Waals surface area contributed by atoms with Gasteiger partial charge in [-0.1, -0.05) is 6.92 Å². The number of nitrogens with two attached hydrogens (primary N) is 1. The van der Waals surface area contributed by atoms with Crippen LogP contribution in [0.4, 0.5) is 21.9 Å². The van der Waals surface area contributed by atoms with Crippen LogP contribution in [0.1, 0.15) is 24.8 Å². The molecule has 152 valence electrons. The SMILES string of the molecule is CCC(=Nc1ccc(N(C)C(N)=O)cc1)C1C(=O)Nc2cc(OC)c(OC)cc21. The Morgan fingerprint density at radius 2 is 1.79 bits per heavy atom. The number of hydrogen-bond acceptors (Lipinski definition) is 5. The first kappa shape index (κ1) is 20.2. The fraction of sp³-hybridized carbons (Fsp3) is 0.286. The van der Waals surface area contributed by atoms with Crippen LogP contribution in [0.15, 0.2) is 41.4 Å². The van der Waals surface area contributed by atoms with Gasteiger partial charge in [0, 0.05) is 30.2 Å². The highest BCUT2D eigenvalue weighted by Crippen LogP contribution is 2.42. The van der Waals surface area contributed by atoms with Crippen molar-refractivity contribution < 1.29 is 19.1 Å². The summed E-state index contributed by atoms with van der Waals surface area (Å²) in [5, 5.41) is 2.90. The number of amides is 3. The van der Waals surface area contributed by atoms with Gasteiger partial charge in [-0.25, -0.2) is 4.79 Å². The minimum absolute atomic E-state index is 0.138. The van der Waals surface area contributed by atoms with Gasteiger partial charge in [0.15, 0.2) is 11.5 Å². The lowest BCUT2D eigenvalue weighted by Gasteiger charge is -2.15. The summed E-state index contributed by atoms with van der Waals surface area (Å²) < 4.78 is 10.7. The monoisotopic (exact) mass is 396 g/mol. The molecule has 0 saturated carbocycles. The van der Waals surface area contributed by atoms with Crippen LogP contribution in [0.3, 0.4) is 0 Å².